The van der Waals surface area contributed by atoms with Crippen LogP contribution < -0.4 is 15.9 Å². The summed E-state index contributed by atoms with van der Waals surface area (Å²) >= 11 is 0. The summed E-state index contributed by atoms with van der Waals surface area (Å²) in [4.78, 5) is 39.9. The third-order valence-electron chi connectivity index (χ3n) is 7.82. The number of hydrogen-bond donors (Lipinski definition) is 2. The summed E-state index contributed by atoms with van der Waals surface area (Å²) in [6, 6.07) is 16.9. The lowest BCUT2D eigenvalue weighted by molar-refractivity contribution is -0.140. The molecule has 9 nitrogen and oxygen atoms in total. The van der Waals surface area contributed by atoms with E-state index in [1.54, 1.807) is 34.9 Å². The number of hydrogen-bond acceptors (Lipinski definition) is 8. The zero-order valence-corrected chi connectivity index (χ0v) is 22.5. The fraction of sp³-hybridized carbons (Fsp3) is 0.219. The number of benzene rings is 3. The molecule has 0 spiro atoms. The molecule has 1 aliphatic rings. The molecular formula is C32H27NO8. The molecule has 3 aromatic carbocycles. The number of para-hydroxylation sites is 1. The van der Waals surface area contributed by atoms with Gasteiger partial charge in [-0.3, -0.25) is 9.59 Å². The Morgan fingerprint density at radius 2 is 1.83 bits per heavy atom. The molecule has 0 saturated carbocycles. The highest BCUT2D eigenvalue weighted by Gasteiger charge is 2.31. The van der Waals surface area contributed by atoms with Gasteiger partial charge in [0, 0.05) is 23.6 Å². The summed E-state index contributed by atoms with van der Waals surface area (Å²) in [5.41, 5.74) is 1.26. The number of methoxy groups -OCH3 is 2. The van der Waals surface area contributed by atoms with E-state index in [1.807, 2.05) is 18.2 Å². The minimum atomic E-state index is -1.04. The Morgan fingerprint density at radius 3 is 2.56 bits per heavy atom. The highest BCUT2D eigenvalue weighted by Crippen LogP contribution is 2.43. The molecule has 41 heavy (non-hydrogen) atoms. The van der Waals surface area contributed by atoms with Crippen molar-refractivity contribution in [2.45, 2.75) is 31.7 Å². The van der Waals surface area contributed by atoms with Gasteiger partial charge in [-0.2, -0.15) is 0 Å². The Morgan fingerprint density at radius 1 is 1.05 bits per heavy atom. The van der Waals surface area contributed by atoms with Crippen molar-refractivity contribution in [3.8, 4) is 28.4 Å². The standard InChI is InChI=1S/C32H27NO8/c1-39-20-10-8-17(9-11-20)26-29(36)21-12-13-24(34)27(30(21)41-32(26)38)22(16-25(35)40-2)23-15-19-6-3-5-18-7-4-14-33(28(18)19)31(23)37/h3,5-6,8-13,15,22,34,36H,4,7,14,16H2,1-2H3. The van der Waals surface area contributed by atoms with E-state index in [0.717, 1.165) is 29.3 Å². The number of carbonyl (C=O) groups excluding carboxylic acids is 1. The molecule has 0 saturated heterocycles. The normalized spacial score (nSPS) is 13.3. The first kappa shape index (κ1) is 26.2. The molecule has 0 amide bonds. The maximum Gasteiger partial charge on any atom is 0.347 e. The second-order valence-electron chi connectivity index (χ2n) is 10.1. The van der Waals surface area contributed by atoms with E-state index in [-0.39, 0.29) is 51.1 Å². The molecule has 1 unspecified atom stereocenters. The van der Waals surface area contributed by atoms with Gasteiger partial charge in [-0.25, -0.2) is 4.79 Å². The number of pyridine rings is 1. The Kier molecular flexibility index (Phi) is 6.49. The molecule has 9 heteroatoms. The first-order valence-electron chi connectivity index (χ1n) is 13.2. The second-order valence-corrected chi connectivity index (χ2v) is 10.1. The first-order chi connectivity index (χ1) is 19.8. The summed E-state index contributed by atoms with van der Waals surface area (Å²) in [6.45, 7) is 0.508. The summed E-state index contributed by atoms with van der Waals surface area (Å²) in [5.74, 6) is -1.73. The van der Waals surface area contributed by atoms with Gasteiger partial charge < -0.3 is 28.7 Å². The molecular weight excluding hydrogens is 526 g/mol. The average molecular weight is 554 g/mol. The van der Waals surface area contributed by atoms with Gasteiger partial charge in [0.25, 0.3) is 5.56 Å². The molecule has 5 aromatic rings. The molecule has 3 heterocycles. The largest absolute Gasteiger partial charge is 0.508 e. The van der Waals surface area contributed by atoms with Gasteiger partial charge in [0.1, 0.15) is 28.4 Å². The number of fused-ring (bicyclic) bond motifs is 1. The topological polar surface area (TPSA) is 128 Å². The van der Waals surface area contributed by atoms with Gasteiger partial charge in [0.2, 0.25) is 0 Å². The summed E-state index contributed by atoms with van der Waals surface area (Å²) in [5, 5.41) is 23.4. The smallest absolute Gasteiger partial charge is 0.347 e. The molecule has 0 aliphatic carbocycles. The lowest BCUT2D eigenvalue weighted by Gasteiger charge is -2.24. The van der Waals surface area contributed by atoms with E-state index in [9.17, 15) is 24.6 Å². The van der Waals surface area contributed by atoms with Crippen LogP contribution in [-0.2, 0) is 22.5 Å². The number of carbonyl (C=O) groups is 1. The minimum Gasteiger partial charge on any atom is -0.508 e. The van der Waals surface area contributed by atoms with Crippen molar-refractivity contribution < 1.29 is 28.9 Å². The molecule has 0 fully saturated rings. The van der Waals surface area contributed by atoms with Crippen LogP contribution in [0.15, 0.2) is 74.7 Å². The highest BCUT2D eigenvalue weighted by atomic mass is 16.5. The van der Waals surface area contributed by atoms with Gasteiger partial charge in [0.05, 0.1) is 31.5 Å². The fourth-order valence-corrected chi connectivity index (χ4v) is 5.86. The molecule has 0 bridgehead atoms. The summed E-state index contributed by atoms with van der Waals surface area (Å²) in [6.07, 6.45) is 1.33. The van der Waals surface area contributed by atoms with Crippen molar-refractivity contribution in [3.05, 3.63) is 98.1 Å². The van der Waals surface area contributed by atoms with Crippen molar-refractivity contribution in [1.29, 1.82) is 0 Å². The number of esters is 1. The fourth-order valence-electron chi connectivity index (χ4n) is 5.86. The van der Waals surface area contributed by atoms with Crippen LogP contribution in [-0.4, -0.2) is 35.0 Å². The zero-order valence-electron chi connectivity index (χ0n) is 22.5. The van der Waals surface area contributed by atoms with E-state index in [1.165, 1.54) is 26.4 Å². The van der Waals surface area contributed by atoms with Crippen LogP contribution in [0.2, 0.25) is 0 Å². The molecule has 2 aromatic heterocycles. The van der Waals surface area contributed by atoms with Gasteiger partial charge in [-0.15, -0.1) is 0 Å². The van der Waals surface area contributed by atoms with Gasteiger partial charge in [-0.05, 0) is 59.7 Å². The molecule has 6 rings (SSSR count). The van der Waals surface area contributed by atoms with Crippen LogP contribution in [0.5, 0.6) is 17.2 Å². The number of phenolic OH excluding ortho intramolecular Hbond substituents is 1. The van der Waals surface area contributed by atoms with Crippen LogP contribution in [0.4, 0.5) is 0 Å². The maximum absolute atomic E-state index is 13.9. The average Bonchev–Trinajstić information content (AvgIpc) is 2.98. The highest BCUT2D eigenvalue weighted by molar-refractivity contribution is 5.94. The minimum absolute atomic E-state index is 0.0396. The van der Waals surface area contributed by atoms with Crippen molar-refractivity contribution >= 4 is 27.8 Å². The van der Waals surface area contributed by atoms with E-state index < -0.39 is 17.5 Å². The second kappa shape index (κ2) is 10.2. The Labute approximate surface area is 233 Å². The molecule has 208 valence electrons. The van der Waals surface area contributed by atoms with E-state index in [0.29, 0.717) is 17.9 Å². The quantitative estimate of drug-likeness (QED) is 0.226. The molecule has 1 aliphatic heterocycles. The predicted molar refractivity (Wildman–Crippen MR) is 153 cm³/mol. The number of aromatic nitrogens is 1. The number of aryl methyl sites for hydroxylation is 2. The van der Waals surface area contributed by atoms with Gasteiger partial charge in [0.15, 0.2) is 0 Å². The van der Waals surface area contributed by atoms with E-state index in [4.69, 9.17) is 13.9 Å². The summed E-state index contributed by atoms with van der Waals surface area (Å²) in [7, 11) is 2.75. The Hall–Kier alpha value is -5.05. The van der Waals surface area contributed by atoms with E-state index >= 15 is 0 Å². The molecule has 2 N–H and O–H groups in total. The number of ether oxygens (including phenoxy) is 2. The molecule has 0 radical (unpaired) electrons. The SMILES string of the molecule is COC(=O)CC(c1cc2cccc3c2n(c1=O)CCC3)c1c(O)ccc2c(O)c(-c3ccc(OC)cc3)c(=O)oc12. The number of nitrogens with zero attached hydrogens (tertiary/aromatic N) is 1. The number of aromatic hydroxyl groups is 2. The van der Waals surface area contributed by atoms with Crippen molar-refractivity contribution in [1.82, 2.24) is 4.57 Å². The van der Waals surface area contributed by atoms with Crippen LogP contribution >= 0.6 is 0 Å². The van der Waals surface area contributed by atoms with Crippen LogP contribution in [0.3, 0.4) is 0 Å². The van der Waals surface area contributed by atoms with Crippen LogP contribution in [0.25, 0.3) is 33.0 Å². The van der Waals surface area contributed by atoms with Crippen LogP contribution in [0, 0.1) is 0 Å². The third kappa shape index (κ3) is 4.30. The number of phenols is 1. The lowest BCUT2D eigenvalue weighted by Crippen LogP contribution is -2.30. The van der Waals surface area contributed by atoms with Crippen molar-refractivity contribution in [2.24, 2.45) is 0 Å². The molecule has 1 atom stereocenters. The summed E-state index contributed by atoms with van der Waals surface area (Å²) < 4.78 is 17.6. The Bertz CT molecular complexity index is 1950. The predicted octanol–water partition coefficient (Wildman–Crippen LogP) is 4.84. The lowest BCUT2D eigenvalue weighted by atomic mass is 9.85. The van der Waals surface area contributed by atoms with E-state index in [2.05, 4.69) is 0 Å². The van der Waals surface area contributed by atoms with Crippen molar-refractivity contribution in [2.75, 3.05) is 14.2 Å². The Balaban J connectivity index is 1.62. The third-order valence-corrected chi connectivity index (χ3v) is 7.82. The van der Waals surface area contributed by atoms with Gasteiger partial charge in [-0.1, -0.05) is 30.3 Å². The zero-order chi connectivity index (χ0) is 28.8. The van der Waals surface area contributed by atoms with Crippen molar-refractivity contribution in [3.63, 3.8) is 0 Å². The number of rotatable bonds is 6. The van der Waals surface area contributed by atoms with Crippen LogP contribution in [0.1, 0.15) is 35.4 Å². The monoisotopic (exact) mass is 553 g/mol. The maximum atomic E-state index is 13.9. The first-order valence-corrected chi connectivity index (χ1v) is 13.2. The van der Waals surface area contributed by atoms with Gasteiger partial charge >= 0.3 is 11.6 Å².